The standard InChI is InChI=1S/C23H18BFN4O/c1-16-20(14-29(24)21-7-5-17(11-26)6-8-21)13-28-22(10-25)23(16)30-15-19-4-2-3-18(9-19)12-27/h2-9,13H,10,14-15H2,1H3. The largest absolute Gasteiger partial charge is 0.487 e. The lowest BCUT2D eigenvalue weighted by Gasteiger charge is -2.22. The third-order valence-electron chi connectivity index (χ3n) is 4.70. The summed E-state index contributed by atoms with van der Waals surface area (Å²) >= 11 is 0. The van der Waals surface area contributed by atoms with Gasteiger partial charge in [-0.25, -0.2) is 4.39 Å². The average Bonchev–Trinajstić information content (AvgIpc) is 2.79. The number of rotatable bonds is 7. The number of nitriles is 2. The first kappa shape index (κ1) is 20.9. The van der Waals surface area contributed by atoms with E-state index < -0.39 is 6.67 Å². The van der Waals surface area contributed by atoms with Crippen molar-refractivity contribution >= 4 is 13.7 Å². The maximum Gasteiger partial charge on any atom is 0.227 e. The Kier molecular flexibility index (Phi) is 6.67. The number of pyridine rings is 1. The molecule has 3 rings (SSSR count). The number of hydrogen-bond donors (Lipinski definition) is 0. The van der Waals surface area contributed by atoms with Crippen LogP contribution in [0.2, 0.25) is 0 Å². The number of nitrogens with zero attached hydrogens (tertiary/aromatic N) is 4. The van der Waals surface area contributed by atoms with Crippen LogP contribution in [0.4, 0.5) is 10.1 Å². The van der Waals surface area contributed by atoms with Crippen LogP contribution in [-0.4, -0.2) is 13.0 Å². The van der Waals surface area contributed by atoms with Gasteiger partial charge in [0.25, 0.3) is 0 Å². The van der Waals surface area contributed by atoms with Gasteiger partial charge in [-0.3, -0.25) is 4.98 Å². The molecule has 0 aliphatic heterocycles. The van der Waals surface area contributed by atoms with Gasteiger partial charge < -0.3 is 9.55 Å². The van der Waals surface area contributed by atoms with Crippen LogP contribution >= 0.6 is 0 Å². The molecule has 0 bridgehead atoms. The van der Waals surface area contributed by atoms with Gasteiger partial charge in [0.15, 0.2) is 0 Å². The fourth-order valence-corrected chi connectivity index (χ4v) is 3.01. The van der Waals surface area contributed by atoms with Gasteiger partial charge in [0.1, 0.15) is 24.7 Å². The molecule has 2 aromatic carbocycles. The van der Waals surface area contributed by atoms with Crippen LogP contribution in [0.15, 0.2) is 54.7 Å². The molecule has 0 amide bonds. The smallest absolute Gasteiger partial charge is 0.227 e. The lowest BCUT2D eigenvalue weighted by molar-refractivity contribution is 0.293. The number of hydrogen-bond acceptors (Lipinski definition) is 5. The summed E-state index contributed by atoms with van der Waals surface area (Å²) in [4.78, 5) is 5.73. The molecule has 0 aliphatic carbocycles. The molecule has 0 fully saturated rings. The van der Waals surface area contributed by atoms with Crippen molar-refractivity contribution in [2.75, 3.05) is 4.81 Å². The van der Waals surface area contributed by atoms with Gasteiger partial charge in [-0.05, 0) is 60.0 Å². The third-order valence-corrected chi connectivity index (χ3v) is 4.70. The Morgan fingerprint density at radius 1 is 1.10 bits per heavy atom. The highest BCUT2D eigenvalue weighted by Crippen LogP contribution is 2.28. The molecule has 0 saturated carbocycles. The molecule has 1 heterocycles. The van der Waals surface area contributed by atoms with Crippen LogP contribution in [-0.2, 0) is 19.8 Å². The van der Waals surface area contributed by atoms with Crippen LogP contribution in [0.1, 0.15) is 33.5 Å². The zero-order valence-corrected chi connectivity index (χ0v) is 16.5. The van der Waals surface area contributed by atoms with E-state index in [0.29, 0.717) is 23.4 Å². The minimum absolute atomic E-state index is 0.191. The summed E-state index contributed by atoms with van der Waals surface area (Å²) in [7, 11) is 6.18. The van der Waals surface area contributed by atoms with Crippen molar-refractivity contribution in [1.82, 2.24) is 4.98 Å². The van der Waals surface area contributed by atoms with E-state index in [1.807, 2.05) is 13.0 Å². The van der Waals surface area contributed by atoms with Crippen molar-refractivity contribution in [3.63, 3.8) is 0 Å². The minimum atomic E-state index is -0.753. The maximum absolute atomic E-state index is 13.5. The first-order valence-electron chi connectivity index (χ1n) is 9.23. The van der Waals surface area contributed by atoms with Crippen molar-refractivity contribution in [2.24, 2.45) is 0 Å². The molecule has 1 aromatic heterocycles. The highest BCUT2D eigenvalue weighted by Gasteiger charge is 2.15. The second kappa shape index (κ2) is 9.58. The van der Waals surface area contributed by atoms with Crippen LogP contribution in [0.5, 0.6) is 5.75 Å². The summed E-state index contributed by atoms with van der Waals surface area (Å²) in [5.41, 5.74) is 4.38. The summed E-state index contributed by atoms with van der Waals surface area (Å²) in [5, 5.41) is 18.0. The molecule has 0 aliphatic rings. The first-order valence-corrected chi connectivity index (χ1v) is 9.23. The quantitative estimate of drug-likeness (QED) is 0.558. The van der Waals surface area contributed by atoms with Gasteiger partial charge >= 0.3 is 0 Å². The van der Waals surface area contributed by atoms with E-state index in [9.17, 15) is 4.39 Å². The zero-order chi connectivity index (χ0) is 21.5. The number of anilines is 1. The molecule has 0 unspecified atom stereocenters. The molecule has 0 spiro atoms. The van der Waals surface area contributed by atoms with E-state index in [1.54, 1.807) is 48.7 Å². The Morgan fingerprint density at radius 2 is 1.83 bits per heavy atom. The van der Waals surface area contributed by atoms with Crippen molar-refractivity contribution in [1.29, 1.82) is 10.5 Å². The first-order chi connectivity index (χ1) is 14.5. The van der Waals surface area contributed by atoms with Gasteiger partial charge in [0, 0.05) is 18.4 Å². The molecular formula is C23H18BFN4O. The molecule has 7 heteroatoms. The van der Waals surface area contributed by atoms with Gasteiger partial charge in [-0.2, -0.15) is 10.5 Å². The number of benzene rings is 2. The van der Waals surface area contributed by atoms with Crippen LogP contribution < -0.4 is 9.55 Å². The Balaban J connectivity index is 1.81. The van der Waals surface area contributed by atoms with Gasteiger partial charge in [0.2, 0.25) is 7.98 Å². The Labute approximate surface area is 176 Å². The average molecular weight is 396 g/mol. The Bertz CT molecular complexity index is 1120. The van der Waals surface area contributed by atoms with E-state index >= 15 is 0 Å². The SMILES string of the molecule is [B]N(Cc1cnc(CF)c(OCc2cccc(C#N)c2)c1C)c1ccc(C#N)cc1. The highest BCUT2D eigenvalue weighted by molar-refractivity contribution is 6.17. The summed E-state index contributed by atoms with van der Waals surface area (Å²) in [6.45, 7) is 1.61. The molecule has 146 valence electrons. The van der Waals surface area contributed by atoms with Crippen LogP contribution in [0.25, 0.3) is 0 Å². The van der Waals surface area contributed by atoms with Crippen molar-refractivity contribution < 1.29 is 9.13 Å². The predicted octanol–water partition coefficient (Wildman–Crippen LogP) is 4.27. The zero-order valence-electron chi connectivity index (χ0n) is 16.5. The van der Waals surface area contributed by atoms with E-state index in [4.69, 9.17) is 23.2 Å². The lowest BCUT2D eigenvalue weighted by atomic mass is 10.1. The van der Waals surface area contributed by atoms with E-state index in [1.165, 1.54) is 4.81 Å². The topological polar surface area (TPSA) is 72.9 Å². The molecule has 0 atom stereocenters. The van der Waals surface area contributed by atoms with E-state index in [2.05, 4.69) is 17.1 Å². The highest BCUT2D eigenvalue weighted by atomic mass is 19.1. The summed E-state index contributed by atoms with van der Waals surface area (Å²) in [5.74, 6) is 0.380. The Morgan fingerprint density at radius 3 is 2.50 bits per heavy atom. The minimum Gasteiger partial charge on any atom is -0.487 e. The van der Waals surface area contributed by atoms with Gasteiger partial charge in [-0.15, -0.1) is 0 Å². The fourth-order valence-electron chi connectivity index (χ4n) is 3.01. The lowest BCUT2D eigenvalue weighted by Crippen LogP contribution is -2.19. The van der Waals surface area contributed by atoms with E-state index in [-0.39, 0.29) is 12.3 Å². The molecule has 30 heavy (non-hydrogen) atoms. The van der Waals surface area contributed by atoms with Gasteiger partial charge in [0.05, 0.1) is 23.3 Å². The molecule has 5 nitrogen and oxygen atoms in total. The van der Waals surface area contributed by atoms with E-state index in [0.717, 1.165) is 22.4 Å². The fraction of sp³-hybridized carbons (Fsp3) is 0.174. The second-order valence-electron chi connectivity index (χ2n) is 6.71. The second-order valence-corrected chi connectivity index (χ2v) is 6.71. The Hall–Kier alpha value is -3.84. The number of aromatic nitrogens is 1. The summed E-state index contributed by atoms with van der Waals surface area (Å²) < 4.78 is 19.4. The molecule has 0 saturated heterocycles. The molecule has 3 aromatic rings. The summed E-state index contributed by atoms with van der Waals surface area (Å²) in [6, 6.07) is 18.1. The number of ether oxygens (including phenoxy) is 1. The van der Waals surface area contributed by atoms with Crippen LogP contribution in [0, 0.1) is 29.6 Å². The summed E-state index contributed by atoms with van der Waals surface area (Å²) in [6.07, 6.45) is 1.59. The monoisotopic (exact) mass is 396 g/mol. The number of alkyl halides is 1. The predicted molar refractivity (Wildman–Crippen MR) is 112 cm³/mol. The van der Waals surface area contributed by atoms with Crippen molar-refractivity contribution in [3.05, 3.63) is 88.2 Å². The number of halogens is 1. The third kappa shape index (κ3) is 4.77. The molecule has 2 radical (unpaired) electrons. The van der Waals surface area contributed by atoms with Gasteiger partial charge in [-0.1, -0.05) is 12.1 Å². The van der Waals surface area contributed by atoms with Crippen molar-refractivity contribution in [3.8, 4) is 17.9 Å². The maximum atomic E-state index is 13.5. The molecule has 0 N–H and O–H groups in total. The normalized spacial score (nSPS) is 10.1. The van der Waals surface area contributed by atoms with Crippen molar-refractivity contribution in [2.45, 2.75) is 26.7 Å². The molecular weight excluding hydrogens is 378 g/mol. The van der Waals surface area contributed by atoms with Crippen LogP contribution in [0.3, 0.4) is 0 Å².